The minimum atomic E-state index is -0.599. The maximum atomic E-state index is 10.0. The molecule has 0 bridgehead atoms. The second-order valence-electron chi connectivity index (χ2n) is 4.36. The van der Waals surface area contributed by atoms with E-state index in [-0.39, 0.29) is 0 Å². The van der Waals surface area contributed by atoms with Gasteiger partial charge in [-0.3, -0.25) is 0 Å². The molecule has 1 aromatic carbocycles. The van der Waals surface area contributed by atoms with Crippen LogP contribution in [0.1, 0.15) is 24.1 Å². The van der Waals surface area contributed by atoms with Gasteiger partial charge in [0.25, 0.3) is 0 Å². The fraction of sp³-hybridized carbons (Fsp3) is 0.333. The molecule has 1 aliphatic rings. The fourth-order valence-electron chi connectivity index (χ4n) is 1.79. The van der Waals surface area contributed by atoms with Gasteiger partial charge in [0.15, 0.2) is 0 Å². The number of aliphatic hydroxyl groups is 1. The van der Waals surface area contributed by atoms with Gasteiger partial charge in [-0.25, -0.2) is 0 Å². The van der Waals surface area contributed by atoms with Crippen LogP contribution in [0.5, 0.6) is 0 Å². The molecule has 0 atom stereocenters. The van der Waals surface area contributed by atoms with Crippen LogP contribution >= 0.6 is 0 Å². The smallest absolute Gasteiger partial charge is 0.0899 e. The highest BCUT2D eigenvalue weighted by Gasteiger charge is 2.42. The Morgan fingerprint density at radius 3 is 2.81 bits per heavy atom. The number of benzene rings is 1. The van der Waals surface area contributed by atoms with Crippen LogP contribution < -0.4 is 0 Å². The Hall–Kier alpha value is -1.68. The molecule has 0 amide bonds. The third kappa shape index (κ3) is 1.51. The van der Waals surface area contributed by atoms with E-state index in [0.717, 1.165) is 29.8 Å². The highest BCUT2D eigenvalue weighted by molar-refractivity contribution is 5.38. The van der Waals surface area contributed by atoms with E-state index in [1.807, 2.05) is 31.2 Å². The summed E-state index contributed by atoms with van der Waals surface area (Å²) in [4.78, 5) is 1.59. The van der Waals surface area contributed by atoms with Crippen LogP contribution in [0, 0.1) is 6.92 Å². The summed E-state index contributed by atoms with van der Waals surface area (Å²) >= 11 is 0. The number of nitrogens with zero attached hydrogens (tertiary/aromatic N) is 3. The molecule has 16 heavy (non-hydrogen) atoms. The number of hydrogen-bond acceptors (Lipinski definition) is 3. The van der Waals surface area contributed by atoms with E-state index in [4.69, 9.17) is 0 Å². The van der Waals surface area contributed by atoms with Crippen molar-refractivity contribution >= 4 is 0 Å². The lowest BCUT2D eigenvalue weighted by Crippen LogP contribution is -2.06. The molecule has 0 radical (unpaired) electrons. The van der Waals surface area contributed by atoms with Gasteiger partial charge in [0.05, 0.1) is 23.2 Å². The molecule has 1 fully saturated rings. The predicted octanol–water partition coefficient (Wildman–Crippen LogP) is 1.56. The van der Waals surface area contributed by atoms with E-state index < -0.39 is 5.60 Å². The van der Waals surface area contributed by atoms with Crippen LogP contribution in [0.3, 0.4) is 0 Å². The highest BCUT2D eigenvalue weighted by Crippen LogP contribution is 2.45. The van der Waals surface area contributed by atoms with E-state index in [1.54, 1.807) is 11.0 Å². The first-order valence-corrected chi connectivity index (χ1v) is 5.40. The first-order valence-electron chi connectivity index (χ1n) is 5.40. The highest BCUT2D eigenvalue weighted by atomic mass is 16.3. The Kier molecular flexibility index (Phi) is 1.88. The van der Waals surface area contributed by atoms with Crippen molar-refractivity contribution in [1.82, 2.24) is 15.0 Å². The van der Waals surface area contributed by atoms with Gasteiger partial charge in [0, 0.05) is 0 Å². The topological polar surface area (TPSA) is 50.9 Å². The molecule has 1 heterocycles. The van der Waals surface area contributed by atoms with Crippen molar-refractivity contribution in [2.75, 3.05) is 0 Å². The summed E-state index contributed by atoms with van der Waals surface area (Å²) in [7, 11) is 0. The molecule has 0 aliphatic heterocycles. The van der Waals surface area contributed by atoms with Crippen molar-refractivity contribution in [3.63, 3.8) is 0 Å². The van der Waals surface area contributed by atoms with Gasteiger partial charge < -0.3 is 5.11 Å². The lowest BCUT2D eigenvalue weighted by atomic mass is 10.1. The normalized spacial score (nSPS) is 17.4. The van der Waals surface area contributed by atoms with Crippen molar-refractivity contribution < 1.29 is 5.11 Å². The lowest BCUT2D eigenvalue weighted by Gasteiger charge is -2.09. The average molecular weight is 215 g/mol. The van der Waals surface area contributed by atoms with Crippen LogP contribution in [0.25, 0.3) is 5.69 Å². The third-order valence-electron chi connectivity index (χ3n) is 2.94. The Labute approximate surface area is 93.5 Å². The number of rotatable bonds is 2. The monoisotopic (exact) mass is 215 g/mol. The summed E-state index contributed by atoms with van der Waals surface area (Å²) in [5.41, 5.74) is 2.14. The SMILES string of the molecule is Cc1cnn(-c2cccc(C3(O)CC3)c2)n1. The number of aryl methyl sites for hydroxylation is 1. The van der Waals surface area contributed by atoms with Crippen LogP contribution in [0.15, 0.2) is 30.5 Å². The van der Waals surface area contributed by atoms with Gasteiger partial charge in [-0.15, -0.1) is 0 Å². The average Bonchev–Trinajstić information content (AvgIpc) is 2.89. The van der Waals surface area contributed by atoms with Crippen molar-refractivity contribution in [3.05, 3.63) is 41.7 Å². The maximum Gasteiger partial charge on any atom is 0.0899 e. The van der Waals surface area contributed by atoms with Gasteiger partial charge in [-0.2, -0.15) is 15.0 Å². The molecule has 1 saturated carbocycles. The predicted molar refractivity (Wildman–Crippen MR) is 59.2 cm³/mol. The molecule has 4 heteroatoms. The van der Waals surface area contributed by atoms with E-state index in [0.29, 0.717) is 0 Å². The van der Waals surface area contributed by atoms with Gasteiger partial charge in [-0.1, -0.05) is 12.1 Å². The molecule has 0 saturated heterocycles. The summed E-state index contributed by atoms with van der Waals surface area (Å²) < 4.78 is 0. The molecule has 4 nitrogen and oxygen atoms in total. The molecule has 1 aromatic heterocycles. The van der Waals surface area contributed by atoms with Gasteiger partial charge in [0.1, 0.15) is 0 Å². The Morgan fingerprint density at radius 2 is 2.19 bits per heavy atom. The maximum absolute atomic E-state index is 10.0. The molecular weight excluding hydrogens is 202 g/mol. The standard InChI is InChI=1S/C12H13N3O/c1-9-8-13-15(14-9)11-4-2-3-10(7-11)12(16)5-6-12/h2-4,7-8,16H,5-6H2,1H3. The quantitative estimate of drug-likeness (QED) is 0.827. The molecule has 1 N–H and O–H groups in total. The molecule has 2 aromatic rings. The fourth-order valence-corrected chi connectivity index (χ4v) is 1.79. The van der Waals surface area contributed by atoms with Crippen LogP contribution in [0.4, 0.5) is 0 Å². The second kappa shape index (κ2) is 3.15. The Bertz CT molecular complexity index is 529. The minimum absolute atomic E-state index is 0.599. The molecule has 0 spiro atoms. The summed E-state index contributed by atoms with van der Waals surface area (Å²) in [5.74, 6) is 0. The van der Waals surface area contributed by atoms with Gasteiger partial charge in [-0.05, 0) is 37.5 Å². The second-order valence-corrected chi connectivity index (χ2v) is 4.36. The van der Waals surface area contributed by atoms with E-state index >= 15 is 0 Å². The van der Waals surface area contributed by atoms with Crippen LogP contribution in [-0.4, -0.2) is 20.1 Å². The van der Waals surface area contributed by atoms with Crippen molar-refractivity contribution in [2.24, 2.45) is 0 Å². The Balaban J connectivity index is 2.02. The molecule has 0 unspecified atom stereocenters. The molecule has 1 aliphatic carbocycles. The van der Waals surface area contributed by atoms with Gasteiger partial charge in [0.2, 0.25) is 0 Å². The van der Waals surface area contributed by atoms with Crippen molar-refractivity contribution in [1.29, 1.82) is 0 Å². The summed E-state index contributed by atoms with van der Waals surface area (Å²) in [5, 5.41) is 18.4. The van der Waals surface area contributed by atoms with E-state index in [1.165, 1.54) is 0 Å². The zero-order valence-electron chi connectivity index (χ0n) is 9.09. The number of hydrogen-bond donors (Lipinski definition) is 1. The van der Waals surface area contributed by atoms with Crippen molar-refractivity contribution in [2.45, 2.75) is 25.4 Å². The molecular formula is C12H13N3O. The van der Waals surface area contributed by atoms with Gasteiger partial charge >= 0.3 is 0 Å². The summed E-state index contributed by atoms with van der Waals surface area (Å²) in [6, 6.07) is 7.77. The van der Waals surface area contributed by atoms with Crippen LogP contribution in [-0.2, 0) is 5.60 Å². The van der Waals surface area contributed by atoms with E-state index in [2.05, 4.69) is 10.2 Å². The molecule has 82 valence electrons. The summed E-state index contributed by atoms with van der Waals surface area (Å²) in [6.07, 6.45) is 3.42. The first-order chi connectivity index (χ1) is 7.67. The lowest BCUT2D eigenvalue weighted by molar-refractivity contribution is 0.151. The minimum Gasteiger partial charge on any atom is -0.385 e. The summed E-state index contributed by atoms with van der Waals surface area (Å²) in [6.45, 7) is 1.90. The largest absolute Gasteiger partial charge is 0.385 e. The van der Waals surface area contributed by atoms with E-state index in [9.17, 15) is 5.11 Å². The third-order valence-corrected chi connectivity index (χ3v) is 2.94. The molecule has 3 rings (SSSR count). The number of aromatic nitrogens is 3. The zero-order valence-corrected chi connectivity index (χ0v) is 9.09. The zero-order chi connectivity index (χ0) is 11.2. The first kappa shape index (κ1) is 9.54. The van der Waals surface area contributed by atoms with Crippen LogP contribution in [0.2, 0.25) is 0 Å². The van der Waals surface area contributed by atoms with Crippen molar-refractivity contribution in [3.8, 4) is 5.69 Å². The Morgan fingerprint density at radius 1 is 1.38 bits per heavy atom.